The smallest absolute Gasteiger partial charge is 0.0702 e. The predicted molar refractivity (Wildman–Crippen MR) is 69.4 cm³/mol. The summed E-state index contributed by atoms with van der Waals surface area (Å²) in [6.45, 7) is 4.19. The molecule has 0 aliphatic rings. The van der Waals surface area contributed by atoms with Crippen LogP contribution in [0.25, 0.3) is 10.9 Å². The van der Waals surface area contributed by atoms with E-state index in [1.165, 1.54) is 5.56 Å². The number of hydrogen-bond acceptors (Lipinski definition) is 2. The molecule has 0 aliphatic carbocycles. The van der Waals surface area contributed by atoms with Crippen LogP contribution in [0, 0.1) is 23.2 Å². The second-order valence-electron chi connectivity index (χ2n) is 4.71. The first kappa shape index (κ1) is 11.6. The fourth-order valence-corrected chi connectivity index (χ4v) is 1.94. The number of benzene rings is 1. The SMILES string of the molecule is CC(C)C(C#N)Cc1ccc2ncccc2c1. The third-order valence-corrected chi connectivity index (χ3v) is 3.09. The molecular formula is C15H16N2. The minimum atomic E-state index is 0.0871. The number of pyridine rings is 1. The molecule has 86 valence electrons. The van der Waals surface area contributed by atoms with Gasteiger partial charge in [0.15, 0.2) is 0 Å². The van der Waals surface area contributed by atoms with E-state index in [4.69, 9.17) is 5.26 Å². The second kappa shape index (κ2) is 4.97. The third-order valence-electron chi connectivity index (χ3n) is 3.09. The van der Waals surface area contributed by atoms with Crippen molar-refractivity contribution >= 4 is 10.9 Å². The molecule has 2 rings (SSSR count). The van der Waals surface area contributed by atoms with Gasteiger partial charge in [-0.3, -0.25) is 4.98 Å². The van der Waals surface area contributed by atoms with Crippen molar-refractivity contribution in [3.8, 4) is 6.07 Å². The maximum atomic E-state index is 9.11. The number of aromatic nitrogens is 1. The van der Waals surface area contributed by atoms with E-state index in [9.17, 15) is 0 Å². The molecule has 0 saturated heterocycles. The van der Waals surface area contributed by atoms with Gasteiger partial charge >= 0.3 is 0 Å². The molecule has 2 aromatic rings. The highest BCUT2D eigenvalue weighted by molar-refractivity contribution is 5.78. The first-order valence-electron chi connectivity index (χ1n) is 5.94. The van der Waals surface area contributed by atoms with Gasteiger partial charge < -0.3 is 0 Å². The van der Waals surface area contributed by atoms with Crippen LogP contribution in [0.5, 0.6) is 0 Å². The molecule has 0 bridgehead atoms. The summed E-state index contributed by atoms with van der Waals surface area (Å²) in [4.78, 5) is 4.29. The average molecular weight is 224 g/mol. The van der Waals surface area contributed by atoms with Gasteiger partial charge in [-0.25, -0.2) is 0 Å². The molecule has 0 fully saturated rings. The number of nitriles is 1. The van der Waals surface area contributed by atoms with Crippen molar-refractivity contribution in [2.75, 3.05) is 0 Å². The van der Waals surface area contributed by atoms with E-state index in [0.29, 0.717) is 5.92 Å². The highest BCUT2D eigenvalue weighted by atomic mass is 14.6. The zero-order valence-electron chi connectivity index (χ0n) is 10.2. The topological polar surface area (TPSA) is 36.7 Å². The summed E-state index contributed by atoms with van der Waals surface area (Å²) in [6.07, 6.45) is 2.62. The third kappa shape index (κ3) is 2.62. The van der Waals surface area contributed by atoms with Gasteiger partial charge in [-0.05, 0) is 36.1 Å². The first-order chi connectivity index (χ1) is 8.20. The normalized spacial score (nSPS) is 12.6. The van der Waals surface area contributed by atoms with Crippen molar-refractivity contribution in [1.29, 1.82) is 5.26 Å². The number of rotatable bonds is 3. The highest BCUT2D eigenvalue weighted by Gasteiger charge is 2.13. The van der Waals surface area contributed by atoms with Gasteiger partial charge in [0.1, 0.15) is 0 Å². The van der Waals surface area contributed by atoms with Crippen molar-refractivity contribution in [3.63, 3.8) is 0 Å². The van der Waals surface area contributed by atoms with Gasteiger partial charge in [-0.15, -0.1) is 0 Å². The zero-order chi connectivity index (χ0) is 12.3. The van der Waals surface area contributed by atoms with Gasteiger partial charge in [0.25, 0.3) is 0 Å². The lowest BCUT2D eigenvalue weighted by molar-refractivity contribution is 0.474. The van der Waals surface area contributed by atoms with Gasteiger partial charge in [0, 0.05) is 11.6 Å². The van der Waals surface area contributed by atoms with Gasteiger partial charge in [-0.2, -0.15) is 5.26 Å². The van der Waals surface area contributed by atoms with Crippen molar-refractivity contribution in [1.82, 2.24) is 4.98 Å². The molecular weight excluding hydrogens is 208 g/mol. The number of fused-ring (bicyclic) bond motifs is 1. The maximum absolute atomic E-state index is 9.11. The molecule has 1 atom stereocenters. The monoisotopic (exact) mass is 224 g/mol. The van der Waals surface area contributed by atoms with Crippen LogP contribution < -0.4 is 0 Å². The number of nitrogens with zero attached hydrogens (tertiary/aromatic N) is 2. The summed E-state index contributed by atoms with van der Waals surface area (Å²) in [5.74, 6) is 0.480. The molecule has 2 heteroatoms. The van der Waals surface area contributed by atoms with E-state index in [1.807, 2.05) is 12.1 Å². The van der Waals surface area contributed by atoms with Crippen LogP contribution in [0.3, 0.4) is 0 Å². The second-order valence-corrected chi connectivity index (χ2v) is 4.71. The Morgan fingerprint density at radius 2 is 2.12 bits per heavy atom. The minimum absolute atomic E-state index is 0.0871. The molecule has 0 radical (unpaired) electrons. The molecule has 2 nitrogen and oxygen atoms in total. The average Bonchev–Trinajstić information content (AvgIpc) is 2.35. The lowest BCUT2D eigenvalue weighted by Gasteiger charge is -2.12. The highest BCUT2D eigenvalue weighted by Crippen LogP contribution is 2.19. The fraction of sp³-hybridized carbons (Fsp3) is 0.333. The lowest BCUT2D eigenvalue weighted by Crippen LogP contribution is -2.09. The molecule has 0 N–H and O–H groups in total. The van der Waals surface area contributed by atoms with Gasteiger partial charge in [0.2, 0.25) is 0 Å². The molecule has 0 amide bonds. The first-order valence-corrected chi connectivity index (χ1v) is 5.94. The van der Waals surface area contributed by atoms with Crippen LogP contribution in [-0.4, -0.2) is 4.98 Å². The minimum Gasteiger partial charge on any atom is -0.256 e. The Labute approximate surface area is 102 Å². The van der Waals surface area contributed by atoms with Crippen molar-refractivity contribution < 1.29 is 0 Å². The van der Waals surface area contributed by atoms with Crippen LogP contribution >= 0.6 is 0 Å². The molecule has 1 aromatic carbocycles. The molecule has 0 aliphatic heterocycles. The predicted octanol–water partition coefficient (Wildman–Crippen LogP) is 3.57. The van der Waals surface area contributed by atoms with E-state index in [0.717, 1.165) is 17.3 Å². The summed E-state index contributed by atoms with van der Waals surface area (Å²) in [5, 5.41) is 10.3. The van der Waals surface area contributed by atoms with E-state index in [1.54, 1.807) is 6.20 Å². The quantitative estimate of drug-likeness (QED) is 0.799. The fourth-order valence-electron chi connectivity index (χ4n) is 1.94. The summed E-state index contributed by atoms with van der Waals surface area (Å²) < 4.78 is 0. The van der Waals surface area contributed by atoms with E-state index in [-0.39, 0.29) is 5.92 Å². The van der Waals surface area contributed by atoms with E-state index >= 15 is 0 Å². The molecule has 1 heterocycles. The van der Waals surface area contributed by atoms with Crippen LogP contribution in [0.15, 0.2) is 36.5 Å². The molecule has 0 saturated carbocycles. The standard InChI is InChI=1S/C15H16N2/c1-11(2)14(10-16)9-12-5-6-15-13(8-12)4-3-7-17-15/h3-8,11,14H,9H2,1-2H3. The van der Waals surface area contributed by atoms with Crippen LogP contribution in [0.2, 0.25) is 0 Å². The Bertz CT molecular complexity index is 552. The van der Waals surface area contributed by atoms with Crippen molar-refractivity contribution in [3.05, 3.63) is 42.1 Å². The molecule has 0 spiro atoms. The number of hydrogen-bond donors (Lipinski definition) is 0. The Morgan fingerprint density at radius 3 is 2.82 bits per heavy atom. The zero-order valence-corrected chi connectivity index (χ0v) is 10.2. The van der Waals surface area contributed by atoms with Crippen LogP contribution in [-0.2, 0) is 6.42 Å². The molecule has 17 heavy (non-hydrogen) atoms. The van der Waals surface area contributed by atoms with Gasteiger partial charge in [0.05, 0.1) is 17.5 Å². The molecule has 1 unspecified atom stereocenters. The Balaban J connectivity index is 2.28. The Kier molecular flexibility index (Phi) is 3.39. The summed E-state index contributed by atoms with van der Waals surface area (Å²) in [6, 6.07) is 12.6. The molecule has 1 aromatic heterocycles. The Hall–Kier alpha value is -1.88. The Morgan fingerprint density at radius 1 is 1.29 bits per heavy atom. The van der Waals surface area contributed by atoms with Crippen molar-refractivity contribution in [2.45, 2.75) is 20.3 Å². The lowest BCUT2D eigenvalue weighted by atomic mass is 9.90. The summed E-state index contributed by atoms with van der Waals surface area (Å²) >= 11 is 0. The van der Waals surface area contributed by atoms with Crippen LogP contribution in [0.4, 0.5) is 0 Å². The summed E-state index contributed by atoms with van der Waals surface area (Å²) in [5.41, 5.74) is 2.22. The summed E-state index contributed by atoms with van der Waals surface area (Å²) in [7, 11) is 0. The van der Waals surface area contributed by atoms with E-state index < -0.39 is 0 Å². The van der Waals surface area contributed by atoms with Crippen LogP contribution in [0.1, 0.15) is 19.4 Å². The largest absolute Gasteiger partial charge is 0.256 e. The van der Waals surface area contributed by atoms with Crippen molar-refractivity contribution in [2.24, 2.45) is 11.8 Å². The maximum Gasteiger partial charge on any atom is 0.0702 e. The van der Waals surface area contributed by atoms with Gasteiger partial charge in [-0.1, -0.05) is 26.0 Å². The van der Waals surface area contributed by atoms with E-state index in [2.05, 4.69) is 43.1 Å².